The molecule has 23 heavy (non-hydrogen) atoms. The zero-order valence-electron chi connectivity index (χ0n) is 13.0. The Kier molecular flexibility index (Phi) is 5.35. The summed E-state index contributed by atoms with van der Waals surface area (Å²) in [5.41, 5.74) is 1.72. The lowest BCUT2D eigenvalue weighted by atomic mass is 10.1. The number of ether oxygens (including phenoxy) is 1. The van der Waals surface area contributed by atoms with Crippen LogP contribution in [0, 0.1) is 0 Å². The van der Waals surface area contributed by atoms with Crippen molar-refractivity contribution in [2.75, 3.05) is 6.54 Å². The minimum atomic E-state index is -1.05. The van der Waals surface area contributed by atoms with Crippen molar-refractivity contribution >= 4 is 28.8 Å². The first-order chi connectivity index (χ1) is 11.0. The molecule has 1 atom stereocenters. The van der Waals surface area contributed by atoms with Crippen molar-refractivity contribution in [2.45, 2.75) is 26.4 Å². The minimum Gasteiger partial charge on any atom is -0.452 e. The predicted molar refractivity (Wildman–Crippen MR) is 84.8 cm³/mol. The van der Waals surface area contributed by atoms with Gasteiger partial charge in [0.15, 0.2) is 6.10 Å². The van der Waals surface area contributed by atoms with Gasteiger partial charge in [-0.2, -0.15) is 0 Å². The number of hydrogen-bond acceptors (Lipinski definition) is 4. The summed E-state index contributed by atoms with van der Waals surface area (Å²) in [6, 6.07) is 6.98. The Hall–Kier alpha value is -2.83. The molecule has 7 nitrogen and oxygen atoms in total. The molecule has 0 aliphatic heterocycles. The van der Waals surface area contributed by atoms with Crippen molar-refractivity contribution in [3.8, 4) is 0 Å². The number of nitrogens with one attached hydrogen (secondary N) is 3. The third kappa shape index (κ3) is 4.32. The number of aromatic amines is 1. The summed E-state index contributed by atoms with van der Waals surface area (Å²) in [6.45, 7) is 3.55. The summed E-state index contributed by atoms with van der Waals surface area (Å²) < 4.78 is 5.07. The maximum atomic E-state index is 12.0. The molecule has 0 bridgehead atoms. The average molecular weight is 317 g/mol. The highest BCUT2D eigenvalue weighted by molar-refractivity contribution is 5.97. The molecule has 2 rings (SSSR count). The van der Waals surface area contributed by atoms with Gasteiger partial charge in [-0.1, -0.05) is 18.2 Å². The van der Waals surface area contributed by atoms with Crippen molar-refractivity contribution in [1.29, 1.82) is 0 Å². The number of amides is 3. The number of fused-ring (bicyclic) bond motifs is 1. The number of imide groups is 1. The van der Waals surface area contributed by atoms with Gasteiger partial charge in [-0.3, -0.25) is 14.9 Å². The highest BCUT2D eigenvalue weighted by Crippen LogP contribution is 2.18. The van der Waals surface area contributed by atoms with E-state index in [1.165, 1.54) is 6.92 Å². The van der Waals surface area contributed by atoms with E-state index in [2.05, 4.69) is 15.6 Å². The monoisotopic (exact) mass is 317 g/mol. The van der Waals surface area contributed by atoms with E-state index < -0.39 is 24.0 Å². The standard InChI is InChI=1S/C16H19N3O4/c1-3-17-16(22)19-15(21)10(2)23-14(20)8-11-9-18-13-7-5-4-6-12(11)13/h4-7,9-10,18H,3,8H2,1-2H3,(H2,17,19,21,22)/t10-/m0/s1. The molecule has 122 valence electrons. The third-order valence-corrected chi connectivity index (χ3v) is 3.26. The quantitative estimate of drug-likeness (QED) is 0.727. The number of carbonyl (C=O) groups is 3. The number of carbonyl (C=O) groups excluding carboxylic acids is 3. The lowest BCUT2D eigenvalue weighted by molar-refractivity contribution is -0.153. The maximum Gasteiger partial charge on any atom is 0.321 e. The van der Waals surface area contributed by atoms with E-state index in [0.717, 1.165) is 16.5 Å². The molecule has 3 amide bonds. The first-order valence-corrected chi connectivity index (χ1v) is 7.34. The normalized spacial score (nSPS) is 11.7. The Bertz CT molecular complexity index is 723. The smallest absolute Gasteiger partial charge is 0.321 e. The third-order valence-electron chi connectivity index (χ3n) is 3.26. The Balaban J connectivity index is 1.91. The second kappa shape index (κ2) is 7.44. The molecule has 2 aromatic rings. The van der Waals surface area contributed by atoms with Crippen molar-refractivity contribution in [3.05, 3.63) is 36.0 Å². The Morgan fingerprint density at radius 2 is 2.00 bits per heavy atom. The fraction of sp³-hybridized carbons (Fsp3) is 0.312. The average Bonchev–Trinajstić information content (AvgIpc) is 2.90. The predicted octanol–water partition coefficient (Wildman–Crippen LogP) is 1.49. The summed E-state index contributed by atoms with van der Waals surface area (Å²) in [5, 5.41) is 5.46. The zero-order chi connectivity index (χ0) is 16.8. The molecule has 0 unspecified atom stereocenters. The molecule has 3 N–H and O–H groups in total. The van der Waals surface area contributed by atoms with Gasteiger partial charge < -0.3 is 15.0 Å². The molecule has 1 aromatic carbocycles. The van der Waals surface area contributed by atoms with Crippen LogP contribution in [0.2, 0.25) is 0 Å². The van der Waals surface area contributed by atoms with E-state index in [4.69, 9.17) is 4.74 Å². The molecule has 0 aliphatic rings. The van der Waals surface area contributed by atoms with Crippen LogP contribution in [0.5, 0.6) is 0 Å². The molecular formula is C16H19N3O4. The molecule has 0 spiro atoms. The zero-order valence-corrected chi connectivity index (χ0v) is 13.0. The summed E-state index contributed by atoms with van der Waals surface area (Å²) in [4.78, 5) is 38.0. The van der Waals surface area contributed by atoms with Gasteiger partial charge in [0.1, 0.15) is 0 Å². The van der Waals surface area contributed by atoms with E-state index in [9.17, 15) is 14.4 Å². The highest BCUT2D eigenvalue weighted by Gasteiger charge is 2.20. The van der Waals surface area contributed by atoms with Gasteiger partial charge >= 0.3 is 12.0 Å². The Morgan fingerprint density at radius 1 is 1.26 bits per heavy atom. The fourth-order valence-corrected chi connectivity index (χ4v) is 2.14. The van der Waals surface area contributed by atoms with Crippen LogP contribution in [0.4, 0.5) is 4.79 Å². The van der Waals surface area contributed by atoms with Gasteiger partial charge in [0.05, 0.1) is 6.42 Å². The lowest BCUT2D eigenvalue weighted by Crippen LogP contribution is -2.44. The van der Waals surface area contributed by atoms with Crippen LogP contribution < -0.4 is 10.6 Å². The van der Waals surface area contributed by atoms with Gasteiger partial charge in [-0.25, -0.2) is 4.79 Å². The molecule has 7 heteroatoms. The molecule has 0 saturated heterocycles. The van der Waals surface area contributed by atoms with E-state index in [1.807, 2.05) is 24.3 Å². The molecule has 1 heterocycles. The molecule has 0 aliphatic carbocycles. The fourth-order valence-electron chi connectivity index (χ4n) is 2.14. The number of esters is 1. The maximum absolute atomic E-state index is 12.0. The van der Waals surface area contributed by atoms with Crippen molar-refractivity contribution in [2.24, 2.45) is 0 Å². The SMILES string of the molecule is CCNC(=O)NC(=O)[C@H](C)OC(=O)Cc1c[nH]c2ccccc12. The van der Waals surface area contributed by atoms with E-state index >= 15 is 0 Å². The number of hydrogen-bond donors (Lipinski definition) is 3. The van der Waals surface area contributed by atoms with Crippen LogP contribution >= 0.6 is 0 Å². The van der Waals surface area contributed by atoms with Gasteiger partial charge in [-0.15, -0.1) is 0 Å². The van der Waals surface area contributed by atoms with E-state index in [-0.39, 0.29) is 6.42 Å². The number of rotatable bonds is 5. The lowest BCUT2D eigenvalue weighted by Gasteiger charge is -2.12. The Morgan fingerprint density at radius 3 is 2.74 bits per heavy atom. The number of benzene rings is 1. The van der Waals surface area contributed by atoms with Gasteiger partial charge in [-0.05, 0) is 25.5 Å². The van der Waals surface area contributed by atoms with Crippen molar-refractivity contribution in [3.63, 3.8) is 0 Å². The number of urea groups is 1. The number of H-pyrrole nitrogens is 1. The summed E-state index contributed by atoms with van der Waals surface area (Å²) in [7, 11) is 0. The Labute approximate surface area is 133 Å². The number of aromatic nitrogens is 1. The topological polar surface area (TPSA) is 100 Å². The van der Waals surface area contributed by atoms with Crippen LogP contribution in [-0.2, 0) is 20.7 Å². The minimum absolute atomic E-state index is 0.0444. The van der Waals surface area contributed by atoms with Crippen molar-refractivity contribution < 1.29 is 19.1 Å². The first-order valence-electron chi connectivity index (χ1n) is 7.34. The van der Waals surface area contributed by atoms with Gasteiger partial charge in [0, 0.05) is 23.6 Å². The largest absolute Gasteiger partial charge is 0.452 e. The molecule has 0 fully saturated rings. The van der Waals surface area contributed by atoms with Crippen LogP contribution in [0.25, 0.3) is 10.9 Å². The molecule has 0 radical (unpaired) electrons. The summed E-state index contributed by atoms with van der Waals surface area (Å²) >= 11 is 0. The summed E-state index contributed by atoms with van der Waals surface area (Å²) in [5.74, 6) is -1.20. The van der Waals surface area contributed by atoms with Crippen molar-refractivity contribution in [1.82, 2.24) is 15.6 Å². The molecule has 0 saturated carbocycles. The number of para-hydroxylation sites is 1. The van der Waals surface area contributed by atoms with Crippen LogP contribution in [0.3, 0.4) is 0 Å². The molecular weight excluding hydrogens is 298 g/mol. The van der Waals surface area contributed by atoms with Gasteiger partial charge in [0.2, 0.25) is 0 Å². The second-order valence-electron chi connectivity index (χ2n) is 5.02. The van der Waals surface area contributed by atoms with Gasteiger partial charge in [0.25, 0.3) is 5.91 Å². The molecule has 1 aromatic heterocycles. The second-order valence-corrected chi connectivity index (χ2v) is 5.02. The van der Waals surface area contributed by atoms with Crippen LogP contribution in [0.1, 0.15) is 19.4 Å². The van der Waals surface area contributed by atoms with Crippen LogP contribution in [-0.4, -0.2) is 35.5 Å². The van der Waals surface area contributed by atoms with E-state index in [1.54, 1.807) is 13.1 Å². The van der Waals surface area contributed by atoms with E-state index in [0.29, 0.717) is 6.54 Å². The first kappa shape index (κ1) is 16.5. The van der Waals surface area contributed by atoms with Crippen LogP contribution in [0.15, 0.2) is 30.5 Å². The highest BCUT2D eigenvalue weighted by atomic mass is 16.5. The summed E-state index contributed by atoms with van der Waals surface area (Å²) in [6.07, 6.45) is 0.740.